The topological polar surface area (TPSA) is 78.7 Å². The molecular weight excluding hydrogens is 320 g/mol. The first-order chi connectivity index (χ1) is 9.51. The molecule has 0 spiro atoms. The molecule has 1 N–H and O–H groups in total. The van der Waals surface area contributed by atoms with E-state index in [0.29, 0.717) is 28.2 Å². The fraction of sp³-hybridized carbons (Fsp3) is 0.143. The summed E-state index contributed by atoms with van der Waals surface area (Å²) in [4.78, 5) is 12.3. The molecule has 0 bridgehead atoms. The van der Waals surface area contributed by atoms with Crippen LogP contribution in [0.5, 0.6) is 0 Å². The Hall–Kier alpha value is -2.26. The number of hydrogen-bond donors (Lipinski definition) is 1. The van der Waals surface area contributed by atoms with Crippen LogP contribution in [-0.2, 0) is 0 Å². The zero-order chi connectivity index (χ0) is 14.7. The largest absolute Gasteiger partial charge is 0.321 e. The Morgan fingerprint density at radius 2 is 2.05 bits per heavy atom. The lowest BCUT2D eigenvalue weighted by Gasteiger charge is -2.09. The van der Waals surface area contributed by atoms with Gasteiger partial charge in [0.2, 0.25) is 0 Å². The third kappa shape index (κ3) is 3.00. The molecule has 0 radical (unpaired) electrons. The second kappa shape index (κ2) is 5.80. The summed E-state index contributed by atoms with van der Waals surface area (Å²) in [6.07, 6.45) is 0. The van der Waals surface area contributed by atoms with Crippen LogP contribution in [0.1, 0.15) is 27.3 Å². The summed E-state index contributed by atoms with van der Waals surface area (Å²) >= 11 is 3.31. The monoisotopic (exact) mass is 330 g/mol. The minimum Gasteiger partial charge on any atom is -0.321 e. The molecule has 0 atom stereocenters. The number of halogens is 1. The number of carbonyl (C=O) groups excluding carboxylic acids is 1. The van der Waals surface area contributed by atoms with Gasteiger partial charge in [-0.05, 0) is 38.1 Å². The van der Waals surface area contributed by atoms with Crippen LogP contribution in [0.15, 0.2) is 28.7 Å². The van der Waals surface area contributed by atoms with Crippen LogP contribution in [0.4, 0.5) is 5.69 Å². The first-order valence-corrected chi connectivity index (χ1v) is 6.62. The van der Waals surface area contributed by atoms with Gasteiger partial charge in [-0.25, -0.2) is 0 Å². The van der Waals surface area contributed by atoms with Crippen molar-refractivity contribution in [3.8, 4) is 6.07 Å². The van der Waals surface area contributed by atoms with Crippen molar-refractivity contribution in [1.29, 1.82) is 5.26 Å². The standard InChI is InChI=1S/C14H11BrN4O/c1-8-5-12(9(2)19-18-8)14(20)17-13-6-11(15)4-3-10(13)7-16/h3-6H,1-2H3,(H,17,20). The Morgan fingerprint density at radius 1 is 1.30 bits per heavy atom. The van der Waals surface area contributed by atoms with E-state index in [1.54, 1.807) is 38.1 Å². The van der Waals surface area contributed by atoms with Crippen LogP contribution in [0.3, 0.4) is 0 Å². The molecule has 0 aliphatic rings. The van der Waals surface area contributed by atoms with Crippen molar-refractivity contribution in [3.63, 3.8) is 0 Å². The number of hydrogen-bond acceptors (Lipinski definition) is 4. The van der Waals surface area contributed by atoms with Gasteiger partial charge in [-0.1, -0.05) is 15.9 Å². The Bertz CT molecular complexity index is 722. The van der Waals surface area contributed by atoms with Crippen molar-refractivity contribution in [3.05, 3.63) is 51.3 Å². The van der Waals surface area contributed by atoms with Crippen LogP contribution >= 0.6 is 15.9 Å². The summed E-state index contributed by atoms with van der Waals surface area (Å²) in [5.74, 6) is -0.310. The van der Waals surface area contributed by atoms with E-state index >= 15 is 0 Å². The number of benzene rings is 1. The number of rotatable bonds is 2. The number of aryl methyl sites for hydroxylation is 2. The lowest BCUT2D eigenvalue weighted by molar-refractivity contribution is 0.102. The van der Waals surface area contributed by atoms with Gasteiger partial charge in [-0.2, -0.15) is 15.5 Å². The minimum atomic E-state index is -0.310. The van der Waals surface area contributed by atoms with E-state index < -0.39 is 0 Å². The number of nitriles is 1. The second-order valence-corrected chi connectivity index (χ2v) is 5.16. The lowest BCUT2D eigenvalue weighted by Crippen LogP contribution is -2.15. The van der Waals surface area contributed by atoms with Gasteiger partial charge >= 0.3 is 0 Å². The molecule has 1 aromatic carbocycles. The molecule has 0 saturated heterocycles. The molecule has 2 aromatic rings. The molecule has 5 nitrogen and oxygen atoms in total. The van der Waals surface area contributed by atoms with Gasteiger partial charge in [-0.15, -0.1) is 0 Å². The van der Waals surface area contributed by atoms with Crippen molar-refractivity contribution in [2.24, 2.45) is 0 Å². The maximum atomic E-state index is 12.3. The van der Waals surface area contributed by atoms with Crippen molar-refractivity contribution in [2.45, 2.75) is 13.8 Å². The first kappa shape index (κ1) is 14.2. The highest BCUT2D eigenvalue weighted by molar-refractivity contribution is 9.10. The molecule has 6 heteroatoms. The number of nitrogens with zero attached hydrogens (tertiary/aromatic N) is 3. The summed E-state index contributed by atoms with van der Waals surface area (Å²) < 4.78 is 0.785. The average molecular weight is 331 g/mol. The summed E-state index contributed by atoms with van der Waals surface area (Å²) in [6, 6.07) is 8.79. The quantitative estimate of drug-likeness (QED) is 0.917. The number of amides is 1. The molecule has 0 aliphatic carbocycles. The van der Waals surface area contributed by atoms with Gasteiger partial charge in [0.25, 0.3) is 5.91 Å². The van der Waals surface area contributed by atoms with Crippen LogP contribution in [0.25, 0.3) is 0 Å². The van der Waals surface area contributed by atoms with Gasteiger partial charge in [0.05, 0.1) is 28.2 Å². The van der Waals surface area contributed by atoms with Crippen LogP contribution in [0, 0.1) is 25.2 Å². The maximum absolute atomic E-state index is 12.3. The van der Waals surface area contributed by atoms with Crippen LogP contribution in [-0.4, -0.2) is 16.1 Å². The van der Waals surface area contributed by atoms with Gasteiger partial charge in [0.15, 0.2) is 0 Å². The molecule has 1 amide bonds. The van der Waals surface area contributed by atoms with Crippen LogP contribution < -0.4 is 5.32 Å². The summed E-state index contributed by atoms with van der Waals surface area (Å²) in [5, 5.41) is 19.6. The molecule has 20 heavy (non-hydrogen) atoms. The minimum absolute atomic E-state index is 0.310. The van der Waals surface area contributed by atoms with E-state index in [2.05, 4.69) is 31.4 Å². The highest BCUT2D eigenvalue weighted by atomic mass is 79.9. The van der Waals surface area contributed by atoms with E-state index in [9.17, 15) is 4.79 Å². The zero-order valence-electron chi connectivity index (χ0n) is 10.9. The Kier molecular flexibility index (Phi) is 4.11. The Morgan fingerprint density at radius 3 is 2.75 bits per heavy atom. The molecule has 0 unspecified atom stereocenters. The van der Waals surface area contributed by atoms with Crippen molar-refractivity contribution in [1.82, 2.24) is 10.2 Å². The predicted molar refractivity (Wildman–Crippen MR) is 78.3 cm³/mol. The second-order valence-electron chi connectivity index (χ2n) is 4.24. The lowest BCUT2D eigenvalue weighted by atomic mass is 10.1. The normalized spacial score (nSPS) is 9.90. The number of nitrogens with one attached hydrogen (secondary N) is 1. The van der Waals surface area contributed by atoms with Crippen molar-refractivity contribution >= 4 is 27.5 Å². The van der Waals surface area contributed by atoms with Gasteiger partial charge in [0, 0.05) is 4.47 Å². The Balaban J connectivity index is 2.35. The van der Waals surface area contributed by atoms with E-state index in [1.807, 2.05) is 6.07 Å². The fourth-order valence-electron chi connectivity index (χ4n) is 1.69. The smallest absolute Gasteiger partial charge is 0.257 e. The third-order valence-electron chi connectivity index (χ3n) is 2.70. The molecule has 0 saturated carbocycles. The molecule has 0 aliphatic heterocycles. The predicted octanol–water partition coefficient (Wildman–Crippen LogP) is 2.98. The summed E-state index contributed by atoms with van der Waals surface area (Å²) in [6.45, 7) is 3.48. The third-order valence-corrected chi connectivity index (χ3v) is 3.19. The zero-order valence-corrected chi connectivity index (χ0v) is 12.5. The molecule has 2 rings (SSSR count). The van der Waals surface area contributed by atoms with E-state index in [4.69, 9.17) is 5.26 Å². The van der Waals surface area contributed by atoms with Gasteiger partial charge in [-0.3, -0.25) is 4.79 Å². The molecule has 1 aromatic heterocycles. The average Bonchev–Trinajstić information content (AvgIpc) is 2.41. The van der Waals surface area contributed by atoms with E-state index in [0.717, 1.165) is 4.47 Å². The SMILES string of the molecule is Cc1cc(C(=O)Nc2cc(Br)ccc2C#N)c(C)nn1. The molecular formula is C14H11BrN4O. The van der Waals surface area contributed by atoms with Crippen molar-refractivity contribution in [2.75, 3.05) is 5.32 Å². The summed E-state index contributed by atoms with van der Waals surface area (Å²) in [7, 11) is 0. The summed E-state index contributed by atoms with van der Waals surface area (Å²) in [5.41, 5.74) is 2.51. The first-order valence-electron chi connectivity index (χ1n) is 5.83. The Labute approximate surface area is 124 Å². The van der Waals surface area contributed by atoms with Crippen molar-refractivity contribution < 1.29 is 4.79 Å². The van der Waals surface area contributed by atoms with Gasteiger partial charge < -0.3 is 5.32 Å². The maximum Gasteiger partial charge on any atom is 0.257 e. The van der Waals surface area contributed by atoms with Crippen LogP contribution in [0.2, 0.25) is 0 Å². The molecule has 0 fully saturated rings. The van der Waals surface area contributed by atoms with E-state index in [1.165, 1.54) is 0 Å². The highest BCUT2D eigenvalue weighted by Crippen LogP contribution is 2.21. The van der Waals surface area contributed by atoms with E-state index in [-0.39, 0.29) is 5.91 Å². The molecule has 1 heterocycles. The number of aromatic nitrogens is 2. The van der Waals surface area contributed by atoms with Gasteiger partial charge in [0.1, 0.15) is 6.07 Å². The molecule has 100 valence electrons. The number of anilines is 1. The highest BCUT2D eigenvalue weighted by Gasteiger charge is 2.13. The fourth-order valence-corrected chi connectivity index (χ4v) is 2.05. The number of carbonyl (C=O) groups is 1.